The molecule has 0 aromatic carbocycles. The van der Waals surface area contributed by atoms with Crippen LogP contribution in [0.4, 0.5) is 11.5 Å². The maximum absolute atomic E-state index is 12.5. The number of nitrogens with zero attached hydrogens (tertiary/aromatic N) is 3. The van der Waals surface area contributed by atoms with Crippen molar-refractivity contribution in [3.05, 3.63) is 48.7 Å². The van der Waals surface area contributed by atoms with Crippen molar-refractivity contribution >= 4 is 34.2 Å². The zero-order valence-corrected chi connectivity index (χ0v) is 17.0. The van der Waals surface area contributed by atoms with Gasteiger partial charge in [-0.25, -0.2) is 9.78 Å². The first-order chi connectivity index (χ1) is 13.0. The van der Waals surface area contributed by atoms with Gasteiger partial charge >= 0.3 is 5.69 Å². The summed E-state index contributed by atoms with van der Waals surface area (Å²) in [5.41, 5.74) is 7.61. The number of hydrogen-bond acceptors (Lipinski definition) is 7. The molecule has 0 saturated heterocycles. The van der Waals surface area contributed by atoms with Crippen molar-refractivity contribution in [2.75, 3.05) is 17.2 Å². The summed E-state index contributed by atoms with van der Waals surface area (Å²) in [6.07, 6.45) is 1.75. The summed E-state index contributed by atoms with van der Waals surface area (Å²) < 4.78 is 1.45. The summed E-state index contributed by atoms with van der Waals surface area (Å²) >= 11 is 3.21. The monoisotopic (exact) mass is 405 g/mol. The molecule has 0 spiro atoms. The first-order valence-corrected chi connectivity index (χ1v) is 10.7. The Morgan fingerprint density at radius 2 is 2.11 bits per heavy atom. The molecule has 0 amide bonds. The summed E-state index contributed by atoms with van der Waals surface area (Å²) in [5.74, 6) is 0.215. The van der Waals surface area contributed by atoms with E-state index in [1.165, 1.54) is 4.57 Å². The highest BCUT2D eigenvalue weighted by Crippen LogP contribution is 2.27. The Kier molecular flexibility index (Phi) is 6.12. The summed E-state index contributed by atoms with van der Waals surface area (Å²) in [5, 5.41) is 7.03. The highest BCUT2D eigenvalue weighted by Gasteiger charge is 2.19. The van der Waals surface area contributed by atoms with E-state index in [1.54, 1.807) is 22.7 Å². The van der Waals surface area contributed by atoms with E-state index < -0.39 is 11.2 Å². The van der Waals surface area contributed by atoms with Crippen LogP contribution in [-0.4, -0.2) is 21.1 Å². The van der Waals surface area contributed by atoms with E-state index in [1.807, 2.05) is 35.6 Å². The Hall–Kier alpha value is -2.39. The molecule has 0 aliphatic heterocycles. The van der Waals surface area contributed by atoms with Gasteiger partial charge in [0.1, 0.15) is 16.5 Å². The van der Waals surface area contributed by atoms with Gasteiger partial charge in [0, 0.05) is 29.4 Å². The number of nitrogens with two attached hydrogens (primary N) is 1. The van der Waals surface area contributed by atoms with Crippen molar-refractivity contribution in [2.24, 2.45) is 0 Å². The van der Waals surface area contributed by atoms with Crippen LogP contribution in [-0.2, 0) is 13.1 Å². The molecule has 3 heterocycles. The average molecular weight is 406 g/mol. The molecule has 9 heteroatoms. The van der Waals surface area contributed by atoms with Crippen LogP contribution in [0.5, 0.6) is 0 Å². The topological polar surface area (TPSA) is 97.0 Å². The van der Waals surface area contributed by atoms with E-state index in [-0.39, 0.29) is 5.82 Å². The summed E-state index contributed by atoms with van der Waals surface area (Å²) in [7, 11) is 0. The van der Waals surface area contributed by atoms with Gasteiger partial charge in [-0.3, -0.25) is 14.3 Å². The van der Waals surface area contributed by atoms with Crippen LogP contribution in [0.3, 0.4) is 0 Å². The molecular weight excluding hydrogens is 382 g/mol. The maximum Gasteiger partial charge on any atom is 0.330 e. The lowest BCUT2D eigenvalue weighted by Gasteiger charge is -2.24. The number of aromatic amines is 1. The number of hydrogen-bond donors (Lipinski definition) is 2. The van der Waals surface area contributed by atoms with Crippen LogP contribution in [0, 0.1) is 0 Å². The molecule has 7 nitrogen and oxygen atoms in total. The number of unbranched alkanes of at least 4 members (excludes halogenated alkanes) is 1. The van der Waals surface area contributed by atoms with Gasteiger partial charge in [-0.15, -0.1) is 11.3 Å². The van der Waals surface area contributed by atoms with Crippen molar-refractivity contribution in [1.29, 1.82) is 0 Å². The summed E-state index contributed by atoms with van der Waals surface area (Å²) in [6, 6.07) is 2.04. The van der Waals surface area contributed by atoms with Crippen LogP contribution >= 0.6 is 22.7 Å². The first-order valence-electron chi connectivity index (χ1n) is 8.89. The number of thiazole rings is 1. The van der Waals surface area contributed by atoms with E-state index >= 15 is 0 Å². The lowest BCUT2D eigenvalue weighted by molar-refractivity contribution is 0.602. The molecule has 3 N–H and O–H groups in total. The molecule has 3 aromatic heterocycles. The van der Waals surface area contributed by atoms with E-state index in [2.05, 4.69) is 15.3 Å². The van der Waals surface area contributed by atoms with Gasteiger partial charge < -0.3 is 10.6 Å². The van der Waals surface area contributed by atoms with E-state index in [9.17, 15) is 9.59 Å². The molecule has 3 rings (SSSR count). The zero-order valence-electron chi connectivity index (χ0n) is 15.4. The Bertz CT molecular complexity index is 1000. The number of nitrogen functional groups attached to an aromatic ring is 1. The fourth-order valence-electron chi connectivity index (χ4n) is 2.86. The largest absolute Gasteiger partial charge is 0.383 e. The number of H-pyrrole nitrogens is 1. The Balaban J connectivity index is 1.91. The van der Waals surface area contributed by atoms with Gasteiger partial charge in [-0.1, -0.05) is 13.3 Å². The van der Waals surface area contributed by atoms with Gasteiger partial charge in [0.05, 0.1) is 12.2 Å². The predicted octanol–water partition coefficient (Wildman–Crippen LogP) is 3.13. The van der Waals surface area contributed by atoms with Crippen molar-refractivity contribution in [1.82, 2.24) is 14.5 Å². The molecule has 144 valence electrons. The molecule has 0 atom stereocenters. The minimum Gasteiger partial charge on any atom is -0.383 e. The molecule has 27 heavy (non-hydrogen) atoms. The molecule has 0 aliphatic rings. The molecule has 0 fully saturated rings. The standard InChI is InChI=1S/C18H23N5O2S2/c1-3-5-7-23-15(19)14(16(24)21-18(23)25)22(4-2)9-13-11-27-17(20-13)12-6-8-26-10-12/h6,8,10-11H,3-5,7,9,19H2,1-2H3,(H,21,24,25). The fourth-order valence-corrected chi connectivity index (χ4v) is 4.39. The second kappa shape index (κ2) is 8.53. The Morgan fingerprint density at radius 1 is 1.30 bits per heavy atom. The SMILES string of the molecule is CCCCn1c(N)c(N(CC)Cc2csc(-c3ccsc3)n2)c(=O)[nH]c1=O. The maximum atomic E-state index is 12.5. The normalized spacial score (nSPS) is 11.0. The molecule has 0 aliphatic carbocycles. The predicted molar refractivity (Wildman–Crippen MR) is 113 cm³/mol. The first kappa shape index (κ1) is 19.4. The van der Waals surface area contributed by atoms with Gasteiger partial charge in [0.2, 0.25) is 0 Å². The van der Waals surface area contributed by atoms with Crippen LogP contribution in [0.25, 0.3) is 10.6 Å². The molecule has 0 saturated carbocycles. The quantitative estimate of drug-likeness (QED) is 0.600. The smallest absolute Gasteiger partial charge is 0.330 e. The van der Waals surface area contributed by atoms with Crippen LogP contribution in [0.15, 0.2) is 31.8 Å². The second-order valence-corrected chi connectivity index (χ2v) is 7.81. The van der Waals surface area contributed by atoms with Gasteiger partial charge in [-0.05, 0) is 24.8 Å². The summed E-state index contributed by atoms with van der Waals surface area (Å²) in [4.78, 5) is 33.5. The Labute approximate surface area is 165 Å². The number of thiophene rings is 1. The molecule has 0 radical (unpaired) electrons. The molecular formula is C18H23N5O2S2. The lowest BCUT2D eigenvalue weighted by Crippen LogP contribution is -2.38. The fraction of sp³-hybridized carbons (Fsp3) is 0.389. The van der Waals surface area contributed by atoms with Gasteiger partial charge in [0.25, 0.3) is 5.56 Å². The van der Waals surface area contributed by atoms with Crippen LogP contribution in [0.2, 0.25) is 0 Å². The van der Waals surface area contributed by atoms with Crippen molar-refractivity contribution in [3.8, 4) is 10.6 Å². The molecule has 0 bridgehead atoms. The number of rotatable bonds is 8. The van der Waals surface area contributed by atoms with Crippen molar-refractivity contribution in [3.63, 3.8) is 0 Å². The highest BCUT2D eigenvalue weighted by molar-refractivity contribution is 7.14. The lowest BCUT2D eigenvalue weighted by atomic mass is 10.3. The van der Waals surface area contributed by atoms with Crippen LogP contribution in [0.1, 0.15) is 32.4 Å². The van der Waals surface area contributed by atoms with Gasteiger partial charge in [-0.2, -0.15) is 11.3 Å². The minimum absolute atomic E-state index is 0.215. The third-order valence-corrected chi connectivity index (χ3v) is 5.94. The number of aromatic nitrogens is 3. The van der Waals surface area contributed by atoms with Gasteiger partial charge in [0.15, 0.2) is 0 Å². The highest BCUT2D eigenvalue weighted by atomic mass is 32.1. The van der Waals surface area contributed by atoms with Crippen molar-refractivity contribution < 1.29 is 0 Å². The van der Waals surface area contributed by atoms with Crippen LogP contribution < -0.4 is 21.9 Å². The molecule has 0 unspecified atom stereocenters. The third-order valence-electron chi connectivity index (χ3n) is 4.32. The third kappa shape index (κ3) is 4.14. The van der Waals surface area contributed by atoms with E-state index in [0.717, 1.165) is 29.1 Å². The zero-order chi connectivity index (χ0) is 19.4. The average Bonchev–Trinajstić information content (AvgIpc) is 3.32. The van der Waals surface area contributed by atoms with E-state index in [0.29, 0.717) is 25.3 Å². The summed E-state index contributed by atoms with van der Waals surface area (Å²) in [6.45, 7) is 5.51. The van der Waals surface area contributed by atoms with Crippen molar-refractivity contribution in [2.45, 2.75) is 39.8 Å². The minimum atomic E-state index is -0.459. The van der Waals surface area contributed by atoms with E-state index in [4.69, 9.17) is 5.73 Å². The second-order valence-electron chi connectivity index (χ2n) is 6.17. The Morgan fingerprint density at radius 3 is 2.78 bits per heavy atom. The molecule has 3 aromatic rings. The number of nitrogens with one attached hydrogen (secondary N) is 1. The number of anilines is 2.